The lowest BCUT2D eigenvalue weighted by atomic mass is 10.1. The van der Waals surface area contributed by atoms with Gasteiger partial charge in [-0.3, -0.25) is 0 Å². The van der Waals surface area contributed by atoms with Crippen LogP contribution in [0.2, 0.25) is 0 Å². The first-order valence-electron chi connectivity index (χ1n) is 6.98. The van der Waals surface area contributed by atoms with E-state index in [4.69, 9.17) is 18.6 Å². The Morgan fingerprint density at radius 1 is 1.36 bits per heavy atom. The van der Waals surface area contributed by atoms with Gasteiger partial charge in [-0.25, -0.2) is 9.59 Å². The standard InChI is InChI=1S/C16H16O6/c1-8-6-13(15(17)20-8)22-16(18)14-9(2)21-12-5-4-10(19-3)7-11(12)14/h4-5,7-8,13H,6H2,1-3H3/t8-,13-/m0/s1. The maximum absolute atomic E-state index is 12.4. The third-order valence-corrected chi connectivity index (χ3v) is 3.65. The van der Waals surface area contributed by atoms with Gasteiger partial charge in [-0.1, -0.05) is 0 Å². The van der Waals surface area contributed by atoms with Crippen molar-refractivity contribution in [2.45, 2.75) is 32.5 Å². The van der Waals surface area contributed by atoms with Crippen molar-refractivity contribution >= 4 is 22.9 Å². The van der Waals surface area contributed by atoms with Gasteiger partial charge in [0, 0.05) is 11.8 Å². The van der Waals surface area contributed by atoms with E-state index in [0.717, 1.165) is 0 Å². The van der Waals surface area contributed by atoms with Gasteiger partial charge in [-0.15, -0.1) is 0 Å². The summed E-state index contributed by atoms with van der Waals surface area (Å²) >= 11 is 0. The fourth-order valence-corrected chi connectivity index (χ4v) is 2.58. The zero-order valence-electron chi connectivity index (χ0n) is 12.5. The normalized spacial score (nSPS) is 21.0. The number of esters is 2. The van der Waals surface area contributed by atoms with E-state index < -0.39 is 18.0 Å². The molecule has 3 rings (SSSR count). The van der Waals surface area contributed by atoms with Crippen LogP contribution in [-0.2, 0) is 14.3 Å². The minimum absolute atomic E-state index is 0.243. The third kappa shape index (κ3) is 2.41. The summed E-state index contributed by atoms with van der Waals surface area (Å²) in [7, 11) is 1.54. The molecule has 0 aliphatic carbocycles. The highest BCUT2D eigenvalue weighted by molar-refractivity contribution is 6.05. The summed E-state index contributed by atoms with van der Waals surface area (Å²) in [4.78, 5) is 24.0. The number of benzene rings is 1. The summed E-state index contributed by atoms with van der Waals surface area (Å²) < 4.78 is 21.0. The molecule has 2 aromatic rings. The summed E-state index contributed by atoms with van der Waals surface area (Å²) in [6.07, 6.45) is -0.743. The molecule has 22 heavy (non-hydrogen) atoms. The first-order valence-corrected chi connectivity index (χ1v) is 6.98. The summed E-state index contributed by atoms with van der Waals surface area (Å²) in [5.74, 6) is -0.0617. The van der Waals surface area contributed by atoms with E-state index in [0.29, 0.717) is 34.5 Å². The van der Waals surface area contributed by atoms with Crippen LogP contribution in [0.5, 0.6) is 5.75 Å². The number of ether oxygens (including phenoxy) is 3. The number of carbonyl (C=O) groups is 2. The molecule has 6 nitrogen and oxygen atoms in total. The molecule has 1 aromatic heterocycles. The maximum Gasteiger partial charge on any atom is 0.347 e. The zero-order chi connectivity index (χ0) is 15.9. The number of fused-ring (bicyclic) bond motifs is 1. The molecular weight excluding hydrogens is 288 g/mol. The lowest BCUT2D eigenvalue weighted by molar-refractivity contribution is -0.147. The second-order valence-electron chi connectivity index (χ2n) is 5.27. The van der Waals surface area contributed by atoms with Crippen molar-refractivity contribution < 1.29 is 28.2 Å². The number of cyclic esters (lactones) is 1. The largest absolute Gasteiger partial charge is 0.497 e. The molecule has 0 bridgehead atoms. The second kappa shape index (κ2) is 5.36. The summed E-state index contributed by atoms with van der Waals surface area (Å²) in [5, 5.41) is 0.598. The molecule has 1 fully saturated rings. The highest BCUT2D eigenvalue weighted by Gasteiger charge is 2.36. The highest BCUT2D eigenvalue weighted by Crippen LogP contribution is 2.30. The molecule has 116 valence electrons. The van der Waals surface area contributed by atoms with Gasteiger partial charge in [-0.2, -0.15) is 0 Å². The summed E-state index contributed by atoms with van der Waals surface area (Å²) in [6.45, 7) is 3.44. The van der Waals surface area contributed by atoms with Crippen molar-refractivity contribution in [1.29, 1.82) is 0 Å². The van der Waals surface area contributed by atoms with E-state index in [1.807, 2.05) is 0 Å². The van der Waals surface area contributed by atoms with Gasteiger partial charge in [0.15, 0.2) is 0 Å². The van der Waals surface area contributed by atoms with E-state index >= 15 is 0 Å². The Kier molecular flexibility index (Phi) is 3.52. The fourth-order valence-electron chi connectivity index (χ4n) is 2.58. The third-order valence-electron chi connectivity index (χ3n) is 3.65. The molecule has 0 N–H and O–H groups in total. The topological polar surface area (TPSA) is 75.0 Å². The number of hydrogen-bond acceptors (Lipinski definition) is 6. The first kappa shape index (κ1) is 14.4. The smallest absolute Gasteiger partial charge is 0.347 e. The van der Waals surface area contributed by atoms with Crippen LogP contribution in [0.25, 0.3) is 11.0 Å². The Morgan fingerprint density at radius 3 is 2.77 bits per heavy atom. The predicted molar refractivity (Wildman–Crippen MR) is 76.9 cm³/mol. The molecule has 6 heteroatoms. The Balaban J connectivity index is 1.93. The van der Waals surface area contributed by atoms with E-state index in [-0.39, 0.29) is 6.10 Å². The molecule has 0 radical (unpaired) electrons. The molecule has 1 saturated heterocycles. The fraction of sp³-hybridized carbons (Fsp3) is 0.375. The second-order valence-corrected chi connectivity index (χ2v) is 5.27. The number of aryl methyl sites for hydroxylation is 1. The Bertz CT molecular complexity index is 744. The van der Waals surface area contributed by atoms with Crippen LogP contribution in [-0.4, -0.2) is 31.3 Å². The van der Waals surface area contributed by atoms with E-state index in [1.165, 1.54) is 0 Å². The van der Waals surface area contributed by atoms with Gasteiger partial charge < -0.3 is 18.6 Å². The van der Waals surface area contributed by atoms with E-state index in [2.05, 4.69) is 0 Å². The maximum atomic E-state index is 12.4. The number of methoxy groups -OCH3 is 1. The average molecular weight is 304 g/mol. The Labute approximate surface area is 126 Å². The SMILES string of the molecule is COc1ccc2oc(C)c(C(=O)O[C@H]3C[C@H](C)OC3=O)c2c1. The molecule has 2 heterocycles. The number of hydrogen-bond donors (Lipinski definition) is 0. The van der Waals surface area contributed by atoms with Crippen molar-refractivity contribution in [3.8, 4) is 5.75 Å². The van der Waals surface area contributed by atoms with Crippen LogP contribution in [0, 0.1) is 6.92 Å². The molecule has 1 aliphatic heterocycles. The predicted octanol–water partition coefficient (Wildman–Crippen LogP) is 2.61. The van der Waals surface area contributed by atoms with Crippen molar-refractivity contribution in [2.75, 3.05) is 7.11 Å². The van der Waals surface area contributed by atoms with Gasteiger partial charge in [0.2, 0.25) is 6.10 Å². The number of carbonyl (C=O) groups excluding carboxylic acids is 2. The minimum atomic E-state index is -0.863. The number of furan rings is 1. The van der Waals surface area contributed by atoms with Crippen molar-refractivity contribution in [2.24, 2.45) is 0 Å². The monoisotopic (exact) mass is 304 g/mol. The molecule has 0 amide bonds. The molecule has 2 atom stereocenters. The molecule has 1 aliphatic rings. The van der Waals surface area contributed by atoms with Gasteiger partial charge >= 0.3 is 11.9 Å². The van der Waals surface area contributed by atoms with Crippen molar-refractivity contribution in [1.82, 2.24) is 0 Å². The van der Waals surface area contributed by atoms with Crippen molar-refractivity contribution in [3.63, 3.8) is 0 Å². The van der Waals surface area contributed by atoms with Crippen molar-refractivity contribution in [3.05, 3.63) is 29.5 Å². The zero-order valence-corrected chi connectivity index (χ0v) is 12.5. The Morgan fingerprint density at radius 2 is 2.14 bits per heavy atom. The van der Waals surface area contributed by atoms with Gasteiger partial charge in [0.25, 0.3) is 0 Å². The minimum Gasteiger partial charge on any atom is -0.497 e. The van der Waals surface area contributed by atoms with Gasteiger partial charge in [0.05, 0.1) is 7.11 Å². The van der Waals surface area contributed by atoms with Crippen LogP contribution in [0.1, 0.15) is 29.5 Å². The Hall–Kier alpha value is -2.50. The van der Waals surface area contributed by atoms with Gasteiger partial charge in [0.1, 0.15) is 28.8 Å². The van der Waals surface area contributed by atoms with Crippen LogP contribution in [0.3, 0.4) is 0 Å². The quantitative estimate of drug-likeness (QED) is 0.811. The van der Waals surface area contributed by atoms with Gasteiger partial charge in [-0.05, 0) is 32.0 Å². The average Bonchev–Trinajstić information content (AvgIpc) is 2.96. The number of rotatable bonds is 3. The van der Waals surface area contributed by atoms with Crippen LogP contribution < -0.4 is 4.74 Å². The molecule has 0 unspecified atom stereocenters. The summed E-state index contributed by atoms with van der Waals surface area (Å²) in [6, 6.07) is 5.18. The van der Waals surface area contributed by atoms with E-state index in [1.54, 1.807) is 39.2 Å². The van der Waals surface area contributed by atoms with E-state index in [9.17, 15) is 9.59 Å². The van der Waals surface area contributed by atoms with Crippen LogP contribution in [0.4, 0.5) is 0 Å². The highest BCUT2D eigenvalue weighted by atomic mass is 16.6. The molecular formula is C16H16O6. The van der Waals surface area contributed by atoms with Crippen LogP contribution >= 0.6 is 0 Å². The summed E-state index contributed by atoms with van der Waals surface area (Å²) in [5.41, 5.74) is 0.869. The molecule has 0 saturated carbocycles. The molecule has 0 spiro atoms. The lowest BCUT2D eigenvalue weighted by Gasteiger charge is -2.08. The van der Waals surface area contributed by atoms with Crippen LogP contribution in [0.15, 0.2) is 22.6 Å². The first-order chi connectivity index (χ1) is 10.5. The lowest BCUT2D eigenvalue weighted by Crippen LogP contribution is -2.22. The molecule has 1 aromatic carbocycles.